The topological polar surface area (TPSA) is 29.1 Å². The van der Waals surface area contributed by atoms with Gasteiger partial charge in [0.2, 0.25) is 0 Å². The van der Waals surface area contributed by atoms with E-state index in [0.29, 0.717) is 0 Å². The molecular weight excluding hydrogens is 608 g/mol. The zero-order valence-electron chi connectivity index (χ0n) is 15.6. The highest BCUT2D eigenvalue weighted by Gasteiger charge is 2.90. The predicted octanol–water partition coefficient (Wildman–Crippen LogP) is 6.86. The molecule has 0 aliphatic carbocycles. The molecule has 0 saturated heterocycles. The summed E-state index contributed by atoms with van der Waals surface area (Å²) in [4.78, 5) is 11.7. The summed E-state index contributed by atoms with van der Waals surface area (Å²) in [5.74, 6) is -38.0. The number of halogens is 14. The summed E-state index contributed by atoms with van der Waals surface area (Å²) in [7, 11) is 0. The molecule has 0 spiro atoms. The second kappa shape index (κ2) is 9.48. The minimum absolute atomic E-state index is 0.0980. The van der Waals surface area contributed by atoms with Gasteiger partial charge in [0.25, 0.3) is 5.91 Å². The van der Waals surface area contributed by atoms with E-state index in [9.17, 15) is 61.9 Å². The van der Waals surface area contributed by atoms with Crippen LogP contribution in [0.25, 0.3) is 0 Å². The van der Waals surface area contributed by atoms with Gasteiger partial charge in [0.1, 0.15) is 0 Å². The molecule has 16 heteroatoms. The smallest absolute Gasteiger partial charge is 0.352 e. The van der Waals surface area contributed by atoms with E-state index in [1.165, 1.54) is 24.3 Å². The van der Waals surface area contributed by atoms with E-state index in [1.807, 2.05) is 0 Å². The third-order valence-corrected chi connectivity index (χ3v) is 4.83. The molecule has 33 heavy (non-hydrogen) atoms. The molecule has 1 N–H and O–H groups in total. The summed E-state index contributed by atoms with van der Waals surface area (Å²) < 4.78 is 169. The van der Waals surface area contributed by atoms with Gasteiger partial charge in [-0.1, -0.05) is 18.2 Å². The first-order valence-corrected chi connectivity index (χ1v) is 9.37. The molecule has 1 rings (SSSR count). The van der Waals surface area contributed by atoms with E-state index >= 15 is 0 Å². The summed E-state index contributed by atoms with van der Waals surface area (Å²) in [6.07, 6.45) is -9.17. The van der Waals surface area contributed by atoms with Gasteiger partial charge in [0, 0.05) is 18.2 Å². The minimum Gasteiger partial charge on any atom is -0.352 e. The molecule has 1 amide bonds. The van der Waals surface area contributed by atoms with Gasteiger partial charge in [0.05, 0.1) is 0 Å². The van der Waals surface area contributed by atoms with Gasteiger partial charge in [0.15, 0.2) is 0 Å². The number of rotatable bonds is 9. The summed E-state index contributed by atoms with van der Waals surface area (Å²) in [6.45, 7) is -0.539. The monoisotopic (exact) mass is 619 g/mol. The van der Waals surface area contributed by atoms with E-state index in [2.05, 4.69) is 5.32 Å². The number of hydrogen-bond acceptors (Lipinski definition) is 1. The van der Waals surface area contributed by atoms with Crippen molar-refractivity contribution in [1.29, 1.82) is 0 Å². The van der Waals surface area contributed by atoms with Gasteiger partial charge >= 0.3 is 35.8 Å². The van der Waals surface area contributed by atoms with Gasteiger partial charge in [-0.3, -0.25) is 4.79 Å². The summed E-state index contributed by atoms with van der Waals surface area (Å²) in [5.41, 5.74) is 0.0980. The van der Waals surface area contributed by atoms with E-state index in [1.54, 1.807) is 6.07 Å². The van der Waals surface area contributed by atoms with E-state index in [0.717, 1.165) is 22.6 Å². The zero-order chi connectivity index (χ0) is 26.1. The van der Waals surface area contributed by atoms with Crippen molar-refractivity contribution in [2.24, 2.45) is 0 Å². The van der Waals surface area contributed by atoms with Crippen LogP contribution in [0.5, 0.6) is 0 Å². The number of hydrogen-bond donors (Lipinski definition) is 1. The van der Waals surface area contributed by atoms with Gasteiger partial charge < -0.3 is 5.32 Å². The molecule has 0 aromatic heterocycles. The molecule has 1 aromatic rings. The first kappa shape index (κ1) is 29.3. The molecule has 188 valence electrons. The molecule has 0 atom stereocenters. The lowest BCUT2D eigenvalue weighted by atomic mass is 9.93. The van der Waals surface area contributed by atoms with Crippen LogP contribution in [0.15, 0.2) is 40.0 Å². The first-order valence-electron chi connectivity index (χ1n) is 8.30. The summed E-state index contributed by atoms with van der Waals surface area (Å²) >= 11 is 0.882. The average Bonchev–Trinajstić information content (AvgIpc) is 2.66. The van der Waals surface area contributed by atoms with Crippen LogP contribution >= 0.6 is 22.6 Å². The van der Waals surface area contributed by atoms with Crippen molar-refractivity contribution in [1.82, 2.24) is 5.32 Å². The number of alkyl halides is 13. The van der Waals surface area contributed by atoms with Crippen LogP contribution in [0.3, 0.4) is 0 Å². The average molecular weight is 619 g/mol. The summed E-state index contributed by atoms with van der Waals surface area (Å²) in [5, 5.41) is 2.14. The Hall–Kier alpha value is -1.75. The third kappa shape index (κ3) is 5.50. The highest BCUT2D eigenvalue weighted by Crippen LogP contribution is 2.60. The molecule has 0 unspecified atom stereocenters. The van der Waals surface area contributed by atoms with Crippen LogP contribution in [-0.2, 0) is 0 Å². The molecule has 0 radical (unpaired) electrons. The van der Waals surface area contributed by atoms with E-state index in [4.69, 9.17) is 0 Å². The van der Waals surface area contributed by atoms with Crippen molar-refractivity contribution in [3.05, 3.63) is 45.6 Å². The quantitative estimate of drug-likeness (QED) is 0.238. The lowest BCUT2D eigenvalue weighted by molar-refractivity contribution is -0.436. The molecule has 1 aromatic carbocycles. The second-order valence-corrected chi connectivity index (χ2v) is 7.77. The van der Waals surface area contributed by atoms with Crippen LogP contribution in [0.1, 0.15) is 16.8 Å². The fourth-order valence-electron chi connectivity index (χ4n) is 2.13. The van der Waals surface area contributed by atoms with Gasteiger partial charge in [-0.25, -0.2) is 0 Å². The number of nitrogens with one attached hydrogen (secondary N) is 1. The van der Waals surface area contributed by atoms with Crippen LogP contribution in [0.2, 0.25) is 0 Å². The Labute approximate surface area is 190 Å². The van der Waals surface area contributed by atoms with Crippen molar-refractivity contribution in [3.63, 3.8) is 0 Å². The SMILES string of the molecule is O=C(NCCC(I)=CC(F)(F)C(F)(F)C(F)(F)C(F)(F)C(F)(F)C(F)(F)F)c1ccccc1. The molecule has 0 aliphatic heterocycles. The molecule has 0 aliphatic rings. The molecule has 0 saturated carbocycles. The maximum atomic E-state index is 13.8. The maximum absolute atomic E-state index is 13.8. The van der Waals surface area contributed by atoms with Crippen LogP contribution < -0.4 is 5.32 Å². The van der Waals surface area contributed by atoms with E-state index in [-0.39, 0.29) is 5.56 Å². The minimum atomic E-state index is -7.94. The van der Waals surface area contributed by atoms with Crippen molar-refractivity contribution in [2.75, 3.05) is 6.54 Å². The Balaban J connectivity index is 3.08. The summed E-state index contributed by atoms with van der Waals surface area (Å²) in [6, 6.07) is 7.14. The fourth-order valence-corrected chi connectivity index (χ4v) is 2.79. The molecular formula is C17H11F13INO. The Kier molecular flexibility index (Phi) is 8.41. The van der Waals surface area contributed by atoms with Gasteiger partial charge in [-0.2, -0.15) is 57.1 Å². The third-order valence-electron chi connectivity index (χ3n) is 3.98. The van der Waals surface area contributed by atoms with Crippen LogP contribution in [0.4, 0.5) is 57.1 Å². The molecule has 2 nitrogen and oxygen atoms in total. The number of allylic oxidation sites excluding steroid dienone is 1. The van der Waals surface area contributed by atoms with Gasteiger partial charge in [-0.15, -0.1) is 0 Å². The normalized spacial score (nSPS) is 14.9. The highest BCUT2D eigenvalue weighted by atomic mass is 127. The largest absolute Gasteiger partial charge is 0.460 e. The standard InChI is InChI=1S/C17H11F13INO/c18-12(19,8-10(31)6-7-32-11(33)9-4-2-1-3-5-9)13(20,21)14(22,23)15(24,25)16(26,27)17(28,29)30/h1-5,8H,6-7H2,(H,32,33). The molecule has 0 fully saturated rings. The van der Waals surface area contributed by atoms with Crippen molar-refractivity contribution >= 4 is 28.5 Å². The van der Waals surface area contributed by atoms with Crippen LogP contribution in [-0.4, -0.2) is 48.2 Å². The lowest BCUT2D eigenvalue weighted by Gasteiger charge is -2.39. The Morgan fingerprint density at radius 2 is 1.21 bits per heavy atom. The van der Waals surface area contributed by atoms with Crippen molar-refractivity contribution in [2.45, 2.75) is 42.2 Å². The zero-order valence-corrected chi connectivity index (χ0v) is 17.7. The predicted molar refractivity (Wildman–Crippen MR) is 96.3 cm³/mol. The fraction of sp³-hybridized carbons (Fsp3) is 0.471. The number of benzene rings is 1. The highest BCUT2D eigenvalue weighted by molar-refractivity contribution is 14.1. The first-order chi connectivity index (χ1) is 14.6. The van der Waals surface area contributed by atoms with Gasteiger partial charge in [-0.05, 0) is 44.7 Å². The molecule has 0 heterocycles. The lowest BCUT2D eigenvalue weighted by Crippen LogP contribution is -2.69. The van der Waals surface area contributed by atoms with Crippen LogP contribution in [0, 0.1) is 0 Å². The maximum Gasteiger partial charge on any atom is 0.460 e. The van der Waals surface area contributed by atoms with Crippen molar-refractivity contribution in [3.8, 4) is 0 Å². The van der Waals surface area contributed by atoms with Crippen molar-refractivity contribution < 1.29 is 61.9 Å². The molecule has 0 bridgehead atoms. The Morgan fingerprint density at radius 3 is 1.67 bits per heavy atom. The number of carbonyl (C=O) groups excluding carboxylic acids is 1. The van der Waals surface area contributed by atoms with E-state index < -0.39 is 64.3 Å². The Morgan fingerprint density at radius 1 is 0.758 bits per heavy atom. The number of amides is 1. The Bertz CT molecular complexity index is 865. The number of carbonyl (C=O) groups is 1. The second-order valence-electron chi connectivity index (χ2n) is 6.38.